The third-order valence-corrected chi connectivity index (χ3v) is 4.16. The maximum atomic E-state index is 12.1. The number of amides is 2. The Kier molecular flexibility index (Phi) is 4.56. The van der Waals surface area contributed by atoms with E-state index >= 15 is 0 Å². The van der Waals surface area contributed by atoms with E-state index in [1.165, 1.54) is 19.3 Å². The second-order valence-corrected chi connectivity index (χ2v) is 5.87. The lowest BCUT2D eigenvalue weighted by molar-refractivity contribution is -0.121. The van der Waals surface area contributed by atoms with Crippen LogP contribution in [-0.2, 0) is 9.59 Å². The number of hydrogen-bond acceptors (Lipinski definition) is 3. The monoisotopic (exact) mass is 265 g/mol. The van der Waals surface area contributed by atoms with Gasteiger partial charge < -0.3 is 5.32 Å². The molecule has 2 aliphatic rings. The smallest absolute Gasteiger partial charge is 0.267 e. The molecule has 0 bridgehead atoms. The molecule has 1 fully saturated rings. The topological polar surface area (TPSA) is 70.6 Å². The lowest BCUT2D eigenvalue weighted by Crippen LogP contribution is -2.47. The molecule has 1 heterocycles. The van der Waals surface area contributed by atoms with Gasteiger partial charge in [-0.25, -0.2) is 5.43 Å². The molecule has 5 heteroatoms. The number of carbonyl (C=O) groups excluding carboxylic acids is 2. The van der Waals surface area contributed by atoms with E-state index in [2.05, 4.69) is 29.7 Å². The molecule has 0 aromatic rings. The van der Waals surface area contributed by atoms with E-state index in [9.17, 15) is 9.59 Å². The predicted octanol–water partition coefficient (Wildman–Crippen LogP) is 1.58. The molecule has 19 heavy (non-hydrogen) atoms. The summed E-state index contributed by atoms with van der Waals surface area (Å²) in [4.78, 5) is 23.2. The molecule has 2 N–H and O–H groups in total. The molecule has 0 spiro atoms. The first-order valence-corrected chi connectivity index (χ1v) is 7.24. The first-order valence-electron chi connectivity index (χ1n) is 7.24. The molecule has 2 unspecified atom stereocenters. The van der Waals surface area contributed by atoms with Crippen molar-refractivity contribution in [2.45, 2.75) is 58.4 Å². The first kappa shape index (κ1) is 14.0. The number of nitrogens with zero attached hydrogens (tertiary/aromatic N) is 1. The minimum Gasteiger partial charge on any atom is -0.348 e. The number of carbonyl (C=O) groups is 2. The van der Waals surface area contributed by atoms with Crippen LogP contribution in [0, 0.1) is 11.8 Å². The molecule has 106 valence electrons. The number of hydrazone groups is 1. The van der Waals surface area contributed by atoms with Crippen molar-refractivity contribution in [3.05, 3.63) is 0 Å². The molecule has 0 saturated heterocycles. The van der Waals surface area contributed by atoms with Crippen LogP contribution in [0.15, 0.2) is 5.10 Å². The maximum Gasteiger partial charge on any atom is 0.267 e. The predicted molar refractivity (Wildman–Crippen MR) is 73.5 cm³/mol. The Balaban J connectivity index is 1.95. The number of hydrogen-bond donors (Lipinski definition) is 2. The fourth-order valence-corrected chi connectivity index (χ4v) is 3.03. The minimum atomic E-state index is -0.116. The largest absolute Gasteiger partial charge is 0.348 e. The molecule has 1 saturated carbocycles. The van der Waals surface area contributed by atoms with Crippen molar-refractivity contribution in [1.29, 1.82) is 0 Å². The summed E-state index contributed by atoms with van der Waals surface area (Å²) in [5.41, 5.74) is 2.82. The van der Waals surface area contributed by atoms with Gasteiger partial charge in [0.2, 0.25) is 5.91 Å². The molecule has 2 rings (SSSR count). The molecule has 1 aliphatic carbocycles. The number of nitrogens with one attached hydrogen (secondary N) is 2. The van der Waals surface area contributed by atoms with Gasteiger partial charge in [0.05, 0.1) is 0 Å². The second-order valence-electron chi connectivity index (χ2n) is 5.87. The molecule has 0 aromatic carbocycles. The van der Waals surface area contributed by atoms with E-state index in [-0.39, 0.29) is 17.9 Å². The summed E-state index contributed by atoms with van der Waals surface area (Å²) in [6.07, 6.45) is 5.46. The summed E-state index contributed by atoms with van der Waals surface area (Å²) in [6.45, 7) is 4.43. The van der Waals surface area contributed by atoms with Crippen LogP contribution in [0.5, 0.6) is 0 Å². The Morgan fingerprint density at radius 3 is 2.68 bits per heavy atom. The van der Waals surface area contributed by atoms with E-state index in [0.717, 1.165) is 6.42 Å². The molecule has 2 atom stereocenters. The maximum absolute atomic E-state index is 12.1. The van der Waals surface area contributed by atoms with Crippen LogP contribution in [0.1, 0.15) is 52.4 Å². The van der Waals surface area contributed by atoms with Crippen LogP contribution in [0.2, 0.25) is 0 Å². The van der Waals surface area contributed by atoms with E-state index in [4.69, 9.17) is 0 Å². The van der Waals surface area contributed by atoms with Crippen molar-refractivity contribution >= 4 is 17.5 Å². The zero-order chi connectivity index (χ0) is 13.8. The van der Waals surface area contributed by atoms with E-state index < -0.39 is 0 Å². The van der Waals surface area contributed by atoms with Crippen LogP contribution >= 0.6 is 0 Å². The van der Waals surface area contributed by atoms with Crippen molar-refractivity contribution in [1.82, 2.24) is 10.7 Å². The van der Waals surface area contributed by atoms with Crippen molar-refractivity contribution in [2.75, 3.05) is 0 Å². The molecule has 2 amide bonds. The summed E-state index contributed by atoms with van der Waals surface area (Å²) in [5, 5.41) is 6.96. The first-order chi connectivity index (χ1) is 9.08. The Morgan fingerprint density at radius 1 is 1.32 bits per heavy atom. The summed E-state index contributed by atoms with van der Waals surface area (Å²) in [6, 6.07) is 0.251. The zero-order valence-electron chi connectivity index (χ0n) is 11.7. The highest BCUT2D eigenvalue weighted by molar-refractivity contribution is 6.39. The SMILES string of the molecule is CC(C)C1CCCCC1NC(=O)C1=NNC(=O)CC1. The van der Waals surface area contributed by atoms with Gasteiger partial charge in [0, 0.05) is 18.9 Å². The Morgan fingerprint density at radius 2 is 2.05 bits per heavy atom. The molecular weight excluding hydrogens is 242 g/mol. The number of rotatable bonds is 3. The highest BCUT2D eigenvalue weighted by Crippen LogP contribution is 2.30. The fourth-order valence-electron chi connectivity index (χ4n) is 3.03. The zero-order valence-corrected chi connectivity index (χ0v) is 11.7. The molecule has 0 aromatic heterocycles. The Hall–Kier alpha value is -1.39. The molecule has 5 nitrogen and oxygen atoms in total. The van der Waals surface area contributed by atoms with E-state index in [1.807, 2.05) is 0 Å². The molecule has 0 radical (unpaired) electrons. The lowest BCUT2D eigenvalue weighted by Gasteiger charge is -2.35. The van der Waals surface area contributed by atoms with Crippen LogP contribution in [0.25, 0.3) is 0 Å². The minimum absolute atomic E-state index is 0.113. The lowest BCUT2D eigenvalue weighted by atomic mass is 9.78. The van der Waals surface area contributed by atoms with Crippen LogP contribution in [-0.4, -0.2) is 23.6 Å². The second kappa shape index (κ2) is 6.17. The average molecular weight is 265 g/mol. The van der Waals surface area contributed by atoms with Gasteiger partial charge >= 0.3 is 0 Å². The fraction of sp³-hybridized carbons (Fsp3) is 0.786. The normalized spacial score (nSPS) is 27.7. The van der Waals surface area contributed by atoms with Crippen molar-refractivity contribution in [3.63, 3.8) is 0 Å². The van der Waals surface area contributed by atoms with Gasteiger partial charge in [-0.15, -0.1) is 0 Å². The van der Waals surface area contributed by atoms with Crippen molar-refractivity contribution in [3.8, 4) is 0 Å². The third kappa shape index (κ3) is 3.55. The molecular formula is C14H23N3O2. The summed E-state index contributed by atoms with van der Waals surface area (Å²) >= 11 is 0. The van der Waals surface area contributed by atoms with Gasteiger partial charge in [-0.3, -0.25) is 9.59 Å². The van der Waals surface area contributed by atoms with Gasteiger partial charge in [-0.2, -0.15) is 5.10 Å². The quantitative estimate of drug-likeness (QED) is 0.813. The van der Waals surface area contributed by atoms with E-state index in [0.29, 0.717) is 30.4 Å². The highest BCUT2D eigenvalue weighted by Gasteiger charge is 2.30. The standard InChI is InChI=1S/C14H23N3O2/c1-9(2)10-5-3-4-6-11(10)15-14(19)12-7-8-13(18)17-16-12/h9-11H,3-8H2,1-2H3,(H,15,19)(H,17,18). The van der Waals surface area contributed by atoms with Gasteiger partial charge in [-0.1, -0.05) is 26.7 Å². The van der Waals surface area contributed by atoms with Gasteiger partial charge in [0.1, 0.15) is 5.71 Å². The summed E-state index contributed by atoms with van der Waals surface area (Å²) in [5.74, 6) is 0.905. The Bertz CT molecular complexity index is 390. The van der Waals surface area contributed by atoms with Crippen LogP contribution < -0.4 is 10.7 Å². The van der Waals surface area contributed by atoms with Crippen LogP contribution in [0.3, 0.4) is 0 Å². The van der Waals surface area contributed by atoms with Gasteiger partial charge in [-0.05, 0) is 24.7 Å². The van der Waals surface area contributed by atoms with Crippen molar-refractivity contribution in [2.24, 2.45) is 16.9 Å². The van der Waals surface area contributed by atoms with Gasteiger partial charge in [0.25, 0.3) is 5.91 Å². The summed E-state index contributed by atoms with van der Waals surface area (Å²) in [7, 11) is 0. The van der Waals surface area contributed by atoms with Crippen LogP contribution in [0.4, 0.5) is 0 Å². The van der Waals surface area contributed by atoms with E-state index in [1.54, 1.807) is 0 Å². The Labute approximate surface area is 114 Å². The average Bonchev–Trinajstić information content (AvgIpc) is 2.39. The van der Waals surface area contributed by atoms with Crippen molar-refractivity contribution < 1.29 is 9.59 Å². The highest BCUT2D eigenvalue weighted by atomic mass is 16.2. The third-order valence-electron chi connectivity index (χ3n) is 4.16. The van der Waals surface area contributed by atoms with Gasteiger partial charge in [0.15, 0.2) is 0 Å². The molecule has 1 aliphatic heterocycles. The summed E-state index contributed by atoms with van der Waals surface area (Å²) < 4.78 is 0.